The Labute approximate surface area is 289 Å². The Morgan fingerprint density at radius 3 is 1.52 bits per heavy atom. The number of ether oxygens (including phenoxy) is 4. The van der Waals surface area contributed by atoms with E-state index in [1.165, 1.54) is 14.2 Å². The number of carbonyl (C=O) groups is 3. The number of hydrogen-bond acceptors (Lipinski definition) is 8. The van der Waals surface area contributed by atoms with Crippen molar-refractivity contribution in [3.63, 3.8) is 0 Å². The van der Waals surface area contributed by atoms with Crippen molar-refractivity contribution in [2.24, 2.45) is 23.7 Å². The number of nitrogens with zero attached hydrogens (tertiary/aromatic N) is 2. The summed E-state index contributed by atoms with van der Waals surface area (Å²) < 4.78 is 24.7. The summed E-state index contributed by atoms with van der Waals surface area (Å²) in [6.07, 6.45) is -1.37. The van der Waals surface area contributed by atoms with Crippen molar-refractivity contribution in [3.8, 4) is 0 Å². The zero-order valence-corrected chi connectivity index (χ0v) is 27.7. The largest absolute Gasteiger partial charge is 0.468 e. The highest BCUT2D eigenvalue weighted by atomic mass is 16.6. The van der Waals surface area contributed by atoms with Crippen LogP contribution in [-0.2, 0) is 41.7 Å². The molecule has 252 valence electrons. The predicted octanol–water partition coefficient (Wildman–Crippen LogP) is 6.08. The van der Waals surface area contributed by atoms with E-state index < -0.39 is 77.1 Å². The maximum absolute atomic E-state index is 15.1. The molecule has 0 unspecified atom stereocenters. The van der Waals surface area contributed by atoms with E-state index in [9.17, 15) is 4.79 Å². The first-order chi connectivity index (χ1) is 24.5. The molecule has 10 atom stereocenters. The van der Waals surface area contributed by atoms with E-state index in [0.717, 1.165) is 33.4 Å². The van der Waals surface area contributed by atoms with Crippen LogP contribution in [0.15, 0.2) is 109 Å². The highest BCUT2D eigenvalue weighted by Crippen LogP contribution is 2.83. The minimum absolute atomic E-state index is 0.101. The van der Waals surface area contributed by atoms with Gasteiger partial charge in [-0.3, -0.25) is 19.4 Å². The number of carbonyl (C=O) groups excluding carboxylic acids is 3. The van der Waals surface area contributed by atoms with E-state index in [1.54, 1.807) is 0 Å². The highest BCUT2D eigenvalue weighted by molar-refractivity contribution is 5.94. The van der Waals surface area contributed by atoms with E-state index in [1.807, 2.05) is 102 Å². The molecular formula is C41H36N2O7. The summed E-state index contributed by atoms with van der Waals surface area (Å²) in [6, 6.07) is 34.6. The van der Waals surface area contributed by atoms with E-state index in [2.05, 4.69) is 17.0 Å². The molecule has 1 amide bonds. The van der Waals surface area contributed by atoms with Crippen LogP contribution < -0.4 is 0 Å². The minimum Gasteiger partial charge on any atom is -0.468 e. The number of rotatable bonds is 6. The fourth-order valence-corrected chi connectivity index (χ4v) is 11.6. The predicted molar refractivity (Wildman–Crippen MR) is 179 cm³/mol. The molecule has 9 nitrogen and oxygen atoms in total. The SMILES string of the molecule is COC(=O)[C@]12[C@@H]3[C@@H]([C@H]4c5ccccc5[C@@H]3N4C(=O)OCc3ccccc3)[C@](C(=O)OC)([C@@H]3[C@H]1[C@@H]1O[C@H]3c3ccccc31)N2Cc1ccccc1. The number of methoxy groups -OCH3 is 2. The Hall–Kier alpha value is -4.99. The van der Waals surface area contributed by atoms with Gasteiger partial charge in [-0.1, -0.05) is 109 Å². The summed E-state index contributed by atoms with van der Waals surface area (Å²) >= 11 is 0. The van der Waals surface area contributed by atoms with Crippen LogP contribution in [-0.4, -0.2) is 53.1 Å². The summed E-state index contributed by atoms with van der Waals surface area (Å²) in [4.78, 5) is 48.6. The first-order valence-corrected chi connectivity index (χ1v) is 17.3. The van der Waals surface area contributed by atoms with Crippen molar-refractivity contribution in [2.45, 2.75) is 48.5 Å². The number of esters is 2. The van der Waals surface area contributed by atoms with Gasteiger partial charge < -0.3 is 18.9 Å². The molecule has 0 saturated carbocycles. The Morgan fingerprint density at radius 2 is 1.04 bits per heavy atom. The molecule has 4 fully saturated rings. The van der Waals surface area contributed by atoms with E-state index in [-0.39, 0.29) is 6.61 Å². The van der Waals surface area contributed by atoms with Gasteiger partial charge in [-0.25, -0.2) is 4.79 Å². The number of fused-ring (bicyclic) bond motifs is 22. The van der Waals surface area contributed by atoms with Gasteiger partial charge in [-0.05, 0) is 33.4 Å². The molecule has 0 radical (unpaired) electrons. The van der Waals surface area contributed by atoms with Crippen molar-refractivity contribution >= 4 is 18.0 Å². The Morgan fingerprint density at radius 1 is 0.600 bits per heavy atom. The minimum atomic E-state index is -1.34. The molecule has 6 heterocycles. The van der Waals surface area contributed by atoms with Crippen molar-refractivity contribution < 1.29 is 33.3 Å². The zero-order chi connectivity index (χ0) is 33.9. The van der Waals surface area contributed by atoms with Gasteiger partial charge in [-0.2, -0.15) is 0 Å². The van der Waals surface area contributed by atoms with Crippen molar-refractivity contribution in [1.29, 1.82) is 0 Å². The third-order valence-electron chi connectivity index (χ3n) is 12.8. The summed E-state index contributed by atoms with van der Waals surface area (Å²) in [5, 5.41) is 0. The molecule has 0 spiro atoms. The van der Waals surface area contributed by atoms with Crippen molar-refractivity contribution in [2.75, 3.05) is 14.2 Å². The average molecular weight is 669 g/mol. The molecule has 9 heteroatoms. The van der Waals surface area contributed by atoms with Gasteiger partial charge in [0.05, 0.1) is 38.5 Å². The summed E-state index contributed by atoms with van der Waals surface area (Å²) in [7, 11) is 2.85. The second kappa shape index (κ2) is 10.5. The van der Waals surface area contributed by atoms with Gasteiger partial charge in [0.1, 0.15) is 17.7 Å². The van der Waals surface area contributed by atoms with Crippen molar-refractivity contribution in [3.05, 3.63) is 143 Å². The zero-order valence-electron chi connectivity index (χ0n) is 27.7. The monoisotopic (exact) mass is 668 g/mol. The van der Waals surface area contributed by atoms with Gasteiger partial charge in [0.25, 0.3) is 0 Å². The summed E-state index contributed by atoms with van der Waals surface area (Å²) in [5.41, 5.74) is 3.15. The highest BCUT2D eigenvalue weighted by Gasteiger charge is 2.93. The topological polar surface area (TPSA) is 94.6 Å². The lowest BCUT2D eigenvalue weighted by Gasteiger charge is -2.48. The van der Waals surface area contributed by atoms with Crippen LogP contribution in [0.1, 0.15) is 57.7 Å². The van der Waals surface area contributed by atoms with Crippen LogP contribution in [0, 0.1) is 23.7 Å². The third kappa shape index (κ3) is 3.37. The quantitative estimate of drug-likeness (QED) is 0.180. The van der Waals surface area contributed by atoms with Gasteiger partial charge >= 0.3 is 18.0 Å². The fraction of sp³-hybridized carbons (Fsp3) is 0.341. The number of amides is 1. The molecule has 6 aliphatic rings. The standard InChI is InChI=1S/C41H36N2O7/c1-47-37(44)40-29-30(34-26-18-10-9-17-25(26)33(29)43(34)39(46)49-22-24-15-7-4-8-16-24)41(38(45)48-2,42(40)21-23-13-5-3-6-14-23)32-31(40)35-27-19-11-12-20-28(27)36(32)50-35/h3-20,29-36H,21-22H2,1-2H3/t29-,30+,31+,32-,33+,34-,35-,36+,40+,41-. The molecule has 6 bridgehead atoms. The first-order valence-electron chi connectivity index (χ1n) is 17.3. The van der Waals surface area contributed by atoms with E-state index in [4.69, 9.17) is 18.9 Å². The molecule has 10 rings (SSSR count). The van der Waals surface area contributed by atoms with Crippen LogP contribution >= 0.6 is 0 Å². The van der Waals surface area contributed by atoms with Crippen LogP contribution in [0.4, 0.5) is 4.79 Å². The molecule has 6 aliphatic heterocycles. The molecule has 4 saturated heterocycles. The van der Waals surface area contributed by atoms with E-state index in [0.29, 0.717) is 6.54 Å². The first kappa shape index (κ1) is 29.9. The number of hydrogen-bond donors (Lipinski definition) is 0. The van der Waals surface area contributed by atoms with Gasteiger partial charge in [0, 0.05) is 30.2 Å². The second-order valence-electron chi connectivity index (χ2n) is 14.4. The molecule has 50 heavy (non-hydrogen) atoms. The molecule has 0 N–H and O–H groups in total. The lowest BCUT2D eigenvalue weighted by atomic mass is 9.49. The van der Waals surface area contributed by atoms with Crippen LogP contribution in [0.3, 0.4) is 0 Å². The lowest BCUT2D eigenvalue weighted by molar-refractivity contribution is -0.168. The average Bonchev–Trinajstić information content (AvgIpc) is 3.99. The Bertz CT molecular complexity index is 1960. The smallest absolute Gasteiger partial charge is 0.411 e. The van der Waals surface area contributed by atoms with Gasteiger partial charge in [-0.15, -0.1) is 0 Å². The molecule has 0 aromatic heterocycles. The second-order valence-corrected chi connectivity index (χ2v) is 14.4. The molecule has 4 aromatic carbocycles. The fourth-order valence-electron chi connectivity index (χ4n) is 11.6. The molecular weight excluding hydrogens is 632 g/mol. The third-order valence-corrected chi connectivity index (χ3v) is 12.8. The Balaban J connectivity index is 1.22. The van der Waals surface area contributed by atoms with E-state index >= 15 is 9.59 Å². The summed E-state index contributed by atoms with van der Waals surface area (Å²) in [6.45, 7) is 0.416. The molecule has 0 aliphatic carbocycles. The molecule has 4 aromatic rings. The lowest BCUT2D eigenvalue weighted by Crippen LogP contribution is -2.60. The van der Waals surface area contributed by atoms with Gasteiger partial charge in [0.2, 0.25) is 0 Å². The maximum Gasteiger partial charge on any atom is 0.411 e. The van der Waals surface area contributed by atoms with Crippen LogP contribution in [0.25, 0.3) is 0 Å². The Kier molecular flexibility index (Phi) is 6.28. The normalized spacial score (nSPS) is 34.6. The van der Waals surface area contributed by atoms with Crippen LogP contribution in [0.2, 0.25) is 0 Å². The summed E-state index contributed by atoms with van der Waals surface area (Å²) in [5.74, 6) is -2.74. The van der Waals surface area contributed by atoms with Crippen LogP contribution in [0.5, 0.6) is 0 Å². The number of benzene rings is 4. The van der Waals surface area contributed by atoms with Crippen molar-refractivity contribution in [1.82, 2.24) is 9.80 Å². The van der Waals surface area contributed by atoms with Gasteiger partial charge in [0.15, 0.2) is 0 Å². The maximum atomic E-state index is 15.1.